The first kappa shape index (κ1) is 19.4. The van der Waals surface area contributed by atoms with Gasteiger partial charge in [-0.1, -0.05) is 12.1 Å². The zero-order valence-corrected chi connectivity index (χ0v) is 17.2. The minimum absolute atomic E-state index is 0.0451. The number of fused-ring (bicyclic) bond motifs is 3. The Bertz CT molecular complexity index is 1330. The largest absolute Gasteiger partial charge is 0.336 e. The molecule has 1 aliphatic heterocycles. The summed E-state index contributed by atoms with van der Waals surface area (Å²) in [5.41, 5.74) is 2.92. The molecule has 1 fully saturated rings. The molecule has 31 heavy (non-hydrogen) atoms. The molecule has 0 bridgehead atoms. The normalized spacial score (nSPS) is 15.1. The Labute approximate surface area is 177 Å². The molecule has 0 atom stereocenters. The van der Waals surface area contributed by atoms with Crippen LogP contribution in [0.2, 0.25) is 0 Å². The molecule has 3 heterocycles. The second-order valence-corrected chi connectivity index (χ2v) is 7.94. The van der Waals surface area contributed by atoms with Gasteiger partial charge >= 0.3 is 0 Å². The third kappa shape index (κ3) is 3.48. The number of piperazine rings is 1. The van der Waals surface area contributed by atoms with E-state index in [2.05, 4.69) is 10.00 Å². The Morgan fingerprint density at radius 2 is 1.71 bits per heavy atom. The first-order valence-electron chi connectivity index (χ1n) is 10.2. The number of benzene rings is 2. The topological polar surface area (TPSA) is 62.8 Å². The first-order valence-corrected chi connectivity index (χ1v) is 10.2. The number of aromatic nitrogens is 3. The summed E-state index contributed by atoms with van der Waals surface area (Å²) in [4.78, 5) is 30.4. The van der Waals surface area contributed by atoms with E-state index in [4.69, 9.17) is 0 Å². The lowest BCUT2D eigenvalue weighted by Gasteiger charge is -2.32. The van der Waals surface area contributed by atoms with Crippen molar-refractivity contribution in [3.05, 3.63) is 82.0 Å². The Hall–Kier alpha value is -3.52. The summed E-state index contributed by atoms with van der Waals surface area (Å²) in [6.07, 6.45) is 1.59. The van der Waals surface area contributed by atoms with Crippen LogP contribution in [0.15, 0.2) is 59.5 Å². The molecule has 0 saturated carbocycles. The number of hydrogen-bond acceptors (Lipinski definition) is 4. The molecule has 158 valence electrons. The fraction of sp³-hybridized carbons (Fsp3) is 0.261. The second-order valence-electron chi connectivity index (χ2n) is 7.94. The molecule has 0 N–H and O–H groups in total. The van der Waals surface area contributed by atoms with Crippen LogP contribution in [0.1, 0.15) is 15.9 Å². The van der Waals surface area contributed by atoms with Gasteiger partial charge in [-0.05, 0) is 49.0 Å². The van der Waals surface area contributed by atoms with Crippen molar-refractivity contribution >= 4 is 22.5 Å². The van der Waals surface area contributed by atoms with Crippen molar-refractivity contribution in [1.29, 1.82) is 0 Å². The van der Waals surface area contributed by atoms with Gasteiger partial charge in [-0.15, -0.1) is 0 Å². The van der Waals surface area contributed by atoms with Crippen molar-refractivity contribution in [1.82, 2.24) is 24.0 Å². The number of amides is 1. The quantitative estimate of drug-likeness (QED) is 0.511. The highest BCUT2D eigenvalue weighted by Gasteiger charge is 2.22. The van der Waals surface area contributed by atoms with Crippen LogP contribution in [-0.4, -0.2) is 63.1 Å². The van der Waals surface area contributed by atoms with E-state index in [0.717, 1.165) is 24.2 Å². The van der Waals surface area contributed by atoms with Crippen LogP contribution in [0.5, 0.6) is 0 Å². The fourth-order valence-electron chi connectivity index (χ4n) is 4.08. The monoisotopic (exact) mass is 419 g/mol. The minimum Gasteiger partial charge on any atom is -0.336 e. The molecule has 1 aliphatic rings. The number of hydrogen-bond donors (Lipinski definition) is 0. The molecular weight excluding hydrogens is 397 g/mol. The summed E-state index contributed by atoms with van der Waals surface area (Å²) < 4.78 is 16.6. The zero-order valence-electron chi connectivity index (χ0n) is 17.2. The number of carbonyl (C=O) groups excluding carboxylic acids is 1. The summed E-state index contributed by atoms with van der Waals surface area (Å²) in [6, 6.07) is 13.1. The summed E-state index contributed by atoms with van der Waals surface area (Å²) in [7, 11) is 2.04. The summed E-state index contributed by atoms with van der Waals surface area (Å²) in [6.45, 7) is 3.29. The maximum Gasteiger partial charge on any atom is 0.277 e. The molecule has 7 nitrogen and oxygen atoms in total. The summed E-state index contributed by atoms with van der Waals surface area (Å²) in [5.74, 6) is -0.372. The van der Waals surface area contributed by atoms with Gasteiger partial charge in [-0.25, -0.2) is 8.91 Å². The van der Waals surface area contributed by atoms with E-state index in [0.29, 0.717) is 29.7 Å². The highest BCUT2D eigenvalue weighted by atomic mass is 19.1. The molecular formula is C23H22FN5O2. The van der Waals surface area contributed by atoms with Gasteiger partial charge in [0.05, 0.1) is 23.8 Å². The molecule has 0 radical (unpaired) electrons. The number of rotatable bonds is 3. The molecule has 4 aromatic rings. The maximum atomic E-state index is 13.3. The lowest BCUT2D eigenvalue weighted by atomic mass is 10.1. The van der Waals surface area contributed by atoms with Crippen LogP contribution in [-0.2, 0) is 6.54 Å². The van der Waals surface area contributed by atoms with Crippen molar-refractivity contribution in [3.8, 4) is 0 Å². The summed E-state index contributed by atoms with van der Waals surface area (Å²) in [5, 5.41) is 4.29. The van der Waals surface area contributed by atoms with Gasteiger partial charge in [0.25, 0.3) is 11.5 Å². The van der Waals surface area contributed by atoms with Crippen LogP contribution in [0, 0.1) is 5.82 Å². The standard InChI is InChI=1S/C23H22FN5O2/c1-26-10-12-27(13-11-26)22(30)17-4-7-19-21(14-17)28(15-16-2-5-18(24)6-3-16)23(31)20-8-9-25-29(19)20/h2-9,14H,10-13,15H2,1H3. The Morgan fingerprint density at radius 1 is 0.968 bits per heavy atom. The van der Waals surface area contributed by atoms with Gasteiger partial charge in [-0.2, -0.15) is 5.10 Å². The van der Waals surface area contributed by atoms with Crippen molar-refractivity contribution in [2.75, 3.05) is 33.2 Å². The van der Waals surface area contributed by atoms with Gasteiger partial charge in [0, 0.05) is 31.7 Å². The van der Waals surface area contributed by atoms with E-state index < -0.39 is 0 Å². The predicted molar refractivity (Wildman–Crippen MR) is 116 cm³/mol. The Kier molecular flexibility index (Phi) is 4.78. The SMILES string of the molecule is CN1CCN(C(=O)c2ccc3c(c2)n(Cc2ccc(F)cc2)c(=O)c2ccnn23)CC1. The second kappa shape index (κ2) is 7.63. The molecule has 0 unspecified atom stereocenters. The highest BCUT2D eigenvalue weighted by molar-refractivity contribution is 5.97. The molecule has 0 aliphatic carbocycles. The summed E-state index contributed by atoms with van der Waals surface area (Å²) >= 11 is 0. The van der Waals surface area contributed by atoms with E-state index in [1.807, 2.05) is 18.0 Å². The van der Waals surface area contributed by atoms with Crippen molar-refractivity contribution in [3.63, 3.8) is 0 Å². The Balaban J connectivity index is 1.63. The van der Waals surface area contributed by atoms with Crippen LogP contribution < -0.4 is 5.56 Å². The molecule has 1 saturated heterocycles. The number of halogens is 1. The molecule has 2 aromatic carbocycles. The van der Waals surface area contributed by atoms with E-state index in [1.54, 1.807) is 45.6 Å². The number of nitrogens with zero attached hydrogens (tertiary/aromatic N) is 5. The van der Waals surface area contributed by atoms with Crippen LogP contribution in [0.3, 0.4) is 0 Å². The van der Waals surface area contributed by atoms with Crippen LogP contribution in [0.4, 0.5) is 4.39 Å². The van der Waals surface area contributed by atoms with Crippen molar-refractivity contribution in [2.45, 2.75) is 6.54 Å². The maximum absolute atomic E-state index is 13.3. The third-order valence-corrected chi connectivity index (χ3v) is 5.89. The van der Waals surface area contributed by atoms with Gasteiger partial charge in [-0.3, -0.25) is 9.59 Å². The lowest BCUT2D eigenvalue weighted by molar-refractivity contribution is 0.0664. The molecule has 1 amide bonds. The average Bonchev–Trinajstić information content (AvgIpc) is 3.28. The third-order valence-electron chi connectivity index (χ3n) is 5.89. The van der Waals surface area contributed by atoms with Crippen molar-refractivity contribution in [2.24, 2.45) is 0 Å². The van der Waals surface area contributed by atoms with Crippen molar-refractivity contribution < 1.29 is 9.18 Å². The van der Waals surface area contributed by atoms with E-state index in [-0.39, 0.29) is 23.8 Å². The van der Waals surface area contributed by atoms with E-state index in [1.165, 1.54) is 12.1 Å². The van der Waals surface area contributed by atoms with Gasteiger partial charge in [0.15, 0.2) is 0 Å². The lowest BCUT2D eigenvalue weighted by Crippen LogP contribution is -2.47. The fourth-order valence-corrected chi connectivity index (χ4v) is 4.08. The van der Waals surface area contributed by atoms with Crippen LogP contribution >= 0.6 is 0 Å². The zero-order chi connectivity index (χ0) is 21.5. The number of carbonyl (C=O) groups is 1. The first-order chi connectivity index (χ1) is 15.0. The van der Waals surface area contributed by atoms with E-state index in [9.17, 15) is 14.0 Å². The molecule has 2 aromatic heterocycles. The molecule has 0 spiro atoms. The predicted octanol–water partition coefficient (Wildman–Crippen LogP) is 2.22. The van der Waals surface area contributed by atoms with E-state index >= 15 is 0 Å². The smallest absolute Gasteiger partial charge is 0.277 e. The van der Waals surface area contributed by atoms with Gasteiger partial charge < -0.3 is 14.4 Å². The van der Waals surface area contributed by atoms with Gasteiger partial charge in [0.2, 0.25) is 0 Å². The molecule has 8 heteroatoms. The highest BCUT2D eigenvalue weighted by Crippen LogP contribution is 2.19. The van der Waals surface area contributed by atoms with Gasteiger partial charge in [0.1, 0.15) is 11.3 Å². The number of likely N-dealkylation sites (N-methyl/N-ethyl adjacent to an activating group) is 1. The Morgan fingerprint density at radius 3 is 2.45 bits per heavy atom. The average molecular weight is 419 g/mol. The van der Waals surface area contributed by atoms with Crippen LogP contribution in [0.25, 0.3) is 16.6 Å². The molecule has 5 rings (SSSR count). The minimum atomic E-state index is -0.327.